The number of thiophene rings is 1. The van der Waals surface area contributed by atoms with Gasteiger partial charge in [0.25, 0.3) is 5.91 Å². The molecule has 0 saturated carbocycles. The summed E-state index contributed by atoms with van der Waals surface area (Å²) in [6, 6.07) is 9.62. The number of rotatable bonds is 9. The van der Waals surface area contributed by atoms with E-state index >= 15 is 0 Å². The summed E-state index contributed by atoms with van der Waals surface area (Å²) in [5, 5.41) is 7.74. The SMILES string of the molecule is COCCN(CC(=O)N1N=C(c2cccs2)CC1c1ccccc1F)C(=O)COC. The van der Waals surface area contributed by atoms with Crippen LogP contribution < -0.4 is 0 Å². The first kappa shape index (κ1) is 22.1. The lowest BCUT2D eigenvalue weighted by Gasteiger charge is -2.27. The maximum absolute atomic E-state index is 14.5. The van der Waals surface area contributed by atoms with Crippen LogP contribution in [0.2, 0.25) is 0 Å². The molecule has 1 atom stereocenters. The molecule has 1 aromatic carbocycles. The fraction of sp³-hybridized carbons (Fsp3) is 0.381. The van der Waals surface area contributed by atoms with E-state index in [4.69, 9.17) is 9.47 Å². The molecule has 30 heavy (non-hydrogen) atoms. The summed E-state index contributed by atoms with van der Waals surface area (Å²) in [5.41, 5.74) is 1.12. The van der Waals surface area contributed by atoms with E-state index in [1.54, 1.807) is 18.2 Å². The number of ether oxygens (including phenoxy) is 2. The number of hydrazone groups is 1. The van der Waals surface area contributed by atoms with E-state index in [1.807, 2.05) is 17.5 Å². The zero-order chi connectivity index (χ0) is 21.5. The van der Waals surface area contributed by atoms with Crippen molar-refractivity contribution in [1.29, 1.82) is 0 Å². The topological polar surface area (TPSA) is 71.4 Å². The van der Waals surface area contributed by atoms with Gasteiger partial charge >= 0.3 is 0 Å². The van der Waals surface area contributed by atoms with Gasteiger partial charge in [-0.2, -0.15) is 5.10 Å². The highest BCUT2D eigenvalue weighted by Crippen LogP contribution is 2.35. The molecule has 0 bridgehead atoms. The fourth-order valence-corrected chi connectivity index (χ4v) is 3.98. The normalized spacial score (nSPS) is 15.9. The Morgan fingerprint density at radius 1 is 1.23 bits per heavy atom. The summed E-state index contributed by atoms with van der Waals surface area (Å²) in [6.07, 6.45) is 0.400. The van der Waals surface area contributed by atoms with Gasteiger partial charge in [-0.15, -0.1) is 11.3 Å². The minimum atomic E-state index is -0.572. The molecule has 2 amide bonds. The van der Waals surface area contributed by atoms with Crippen LogP contribution in [-0.2, 0) is 19.1 Å². The van der Waals surface area contributed by atoms with Crippen LogP contribution in [0.15, 0.2) is 46.9 Å². The van der Waals surface area contributed by atoms with Crippen molar-refractivity contribution in [2.45, 2.75) is 12.5 Å². The van der Waals surface area contributed by atoms with Crippen molar-refractivity contribution in [2.24, 2.45) is 5.10 Å². The average Bonchev–Trinajstić information content (AvgIpc) is 3.41. The maximum atomic E-state index is 14.5. The molecule has 1 aliphatic rings. The van der Waals surface area contributed by atoms with E-state index in [9.17, 15) is 14.0 Å². The predicted octanol–water partition coefficient (Wildman–Crippen LogP) is 2.69. The number of carbonyl (C=O) groups is 2. The van der Waals surface area contributed by atoms with E-state index in [0.717, 1.165) is 10.6 Å². The molecule has 0 radical (unpaired) electrons. The molecule has 2 aromatic rings. The monoisotopic (exact) mass is 433 g/mol. The molecule has 3 rings (SSSR count). The molecule has 160 valence electrons. The van der Waals surface area contributed by atoms with Crippen LogP contribution in [0.3, 0.4) is 0 Å². The predicted molar refractivity (Wildman–Crippen MR) is 112 cm³/mol. The maximum Gasteiger partial charge on any atom is 0.262 e. The van der Waals surface area contributed by atoms with Crippen molar-refractivity contribution in [3.63, 3.8) is 0 Å². The lowest BCUT2D eigenvalue weighted by atomic mass is 10.0. The second-order valence-corrected chi connectivity index (χ2v) is 7.69. The van der Waals surface area contributed by atoms with Crippen LogP contribution in [0.1, 0.15) is 22.9 Å². The smallest absolute Gasteiger partial charge is 0.262 e. The number of halogens is 1. The molecule has 1 unspecified atom stereocenters. The third kappa shape index (κ3) is 5.10. The quantitative estimate of drug-likeness (QED) is 0.610. The highest BCUT2D eigenvalue weighted by molar-refractivity contribution is 7.12. The first-order valence-corrected chi connectivity index (χ1v) is 10.4. The average molecular weight is 434 g/mol. The number of amides is 2. The lowest BCUT2D eigenvalue weighted by molar-refractivity contribution is -0.144. The Hall–Kier alpha value is -2.62. The largest absolute Gasteiger partial charge is 0.383 e. The summed E-state index contributed by atoms with van der Waals surface area (Å²) in [7, 11) is 2.94. The van der Waals surface area contributed by atoms with Gasteiger partial charge in [-0.1, -0.05) is 24.3 Å². The van der Waals surface area contributed by atoms with E-state index in [-0.39, 0.29) is 32.2 Å². The Balaban J connectivity index is 1.86. The zero-order valence-corrected chi connectivity index (χ0v) is 17.7. The number of benzene rings is 1. The Kier molecular flexibility index (Phi) is 7.67. The van der Waals surface area contributed by atoms with Crippen LogP contribution in [-0.4, -0.2) is 68.0 Å². The van der Waals surface area contributed by atoms with Crippen LogP contribution in [0.5, 0.6) is 0 Å². The van der Waals surface area contributed by atoms with Gasteiger partial charge in [0.2, 0.25) is 5.91 Å². The van der Waals surface area contributed by atoms with E-state index in [0.29, 0.717) is 12.0 Å². The summed E-state index contributed by atoms with van der Waals surface area (Å²) in [6.45, 7) is 0.183. The number of carbonyl (C=O) groups excluding carboxylic acids is 2. The van der Waals surface area contributed by atoms with Crippen molar-refractivity contribution in [3.05, 3.63) is 58.0 Å². The molecule has 2 heterocycles. The van der Waals surface area contributed by atoms with Crippen LogP contribution in [0, 0.1) is 5.82 Å². The molecule has 9 heteroatoms. The van der Waals surface area contributed by atoms with Gasteiger partial charge in [0.1, 0.15) is 19.0 Å². The third-order valence-electron chi connectivity index (χ3n) is 4.75. The van der Waals surface area contributed by atoms with Crippen molar-refractivity contribution >= 4 is 28.9 Å². The molecule has 0 fully saturated rings. The molecule has 0 aliphatic carbocycles. The molecular weight excluding hydrogens is 409 g/mol. The highest BCUT2D eigenvalue weighted by atomic mass is 32.1. The van der Waals surface area contributed by atoms with Crippen molar-refractivity contribution < 1.29 is 23.5 Å². The highest BCUT2D eigenvalue weighted by Gasteiger charge is 2.35. The van der Waals surface area contributed by atoms with E-state index in [1.165, 1.54) is 41.5 Å². The molecule has 1 aliphatic heterocycles. The molecule has 1 aromatic heterocycles. The Bertz CT molecular complexity index is 903. The Morgan fingerprint density at radius 3 is 2.70 bits per heavy atom. The number of hydrogen-bond donors (Lipinski definition) is 0. The van der Waals surface area contributed by atoms with Gasteiger partial charge in [0.15, 0.2) is 0 Å². The van der Waals surface area contributed by atoms with Crippen LogP contribution in [0.4, 0.5) is 4.39 Å². The Labute approximate surface area is 178 Å². The standard InChI is InChI=1S/C21H24FN3O4S/c1-28-10-9-24(21(27)14-29-2)13-20(26)25-18(15-6-3-4-7-16(15)22)12-17(23-25)19-8-5-11-30-19/h3-8,11,18H,9-10,12-14H2,1-2H3. The molecule has 0 spiro atoms. The minimum Gasteiger partial charge on any atom is -0.383 e. The molecular formula is C21H24FN3O4S. The molecule has 7 nitrogen and oxygen atoms in total. The van der Waals surface area contributed by atoms with E-state index < -0.39 is 17.8 Å². The summed E-state index contributed by atoms with van der Waals surface area (Å²) in [4.78, 5) is 27.8. The van der Waals surface area contributed by atoms with Gasteiger partial charge in [-0.25, -0.2) is 9.40 Å². The minimum absolute atomic E-state index is 0.141. The zero-order valence-electron chi connectivity index (χ0n) is 16.9. The van der Waals surface area contributed by atoms with Gasteiger partial charge in [0, 0.05) is 32.7 Å². The number of hydrogen-bond acceptors (Lipinski definition) is 6. The summed E-state index contributed by atoms with van der Waals surface area (Å²) >= 11 is 1.51. The van der Waals surface area contributed by atoms with Crippen LogP contribution in [0.25, 0.3) is 0 Å². The van der Waals surface area contributed by atoms with Crippen molar-refractivity contribution in [2.75, 3.05) is 40.5 Å². The van der Waals surface area contributed by atoms with Gasteiger partial charge in [-0.05, 0) is 17.5 Å². The third-order valence-corrected chi connectivity index (χ3v) is 5.67. The molecule has 0 N–H and O–H groups in total. The first-order valence-electron chi connectivity index (χ1n) is 9.48. The van der Waals surface area contributed by atoms with Gasteiger partial charge in [0.05, 0.1) is 23.2 Å². The summed E-state index contributed by atoms with van der Waals surface area (Å²) in [5.74, 6) is -1.11. The number of methoxy groups -OCH3 is 2. The van der Waals surface area contributed by atoms with E-state index in [2.05, 4.69) is 5.10 Å². The van der Waals surface area contributed by atoms with Crippen molar-refractivity contribution in [1.82, 2.24) is 9.91 Å². The molecule has 0 saturated heterocycles. The van der Waals surface area contributed by atoms with Crippen LogP contribution >= 0.6 is 11.3 Å². The Morgan fingerprint density at radius 2 is 2.03 bits per heavy atom. The van der Waals surface area contributed by atoms with Gasteiger partial charge in [-0.3, -0.25) is 9.59 Å². The first-order chi connectivity index (χ1) is 14.5. The second kappa shape index (κ2) is 10.4. The van der Waals surface area contributed by atoms with Crippen molar-refractivity contribution in [3.8, 4) is 0 Å². The lowest BCUT2D eigenvalue weighted by Crippen LogP contribution is -2.44. The summed E-state index contributed by atoms with van der Waals surface area (Å²) < 4.78 is 24.5. The van der Waals surface area contributed by atoms with Gasteiger partial charge < -0.3 is 14.4 Å². The number of nitrogens with zero attached hydrogens (tertiary/aromatic N) is 3. The second-order valence-electron chi connectivity index (χ2n) is 6.74. The fourth-order valence-electron chi connectivity index (χ4n) is 3.26.